The summed E-state index contributed by atoms with van der Waals surface area (Å²) < 4.78 is 0. The van der Waals surface area contributed by atoms with E-state index < -0.39 is 0 Å². The largest absolute Gasteiger partial charge is 0.382 e. The zero-order valence-corrected chi connectivity index (χ0v) is 11.8. The molecule has 0 amide bonds. The number of aromatic nitrogens is 2. The number of hydrogen-bond acceptors (Lipinski definition) is 2. The third-order valence-electron chi connectivity index (χ3n) is 3.25. The van der Waals surface area contributed by atoms with Crippen LogP contribution in [0.5, 0.6) is 0 Å². The Labute approximate surface area is 122 Å². The molecule has 0 atom stereocenters. The molecule has 20 heavy (non-hydrogen) atoms. The maximum Gasteiger partial charge on any atom is 0.153 e. The fourth-order valence-corrected chi connectivity index (χ4v) is 2.41. The van der Waals surface area contributed by atoms with Gasteiger partial charge in [-0.3, -0.25) is 5.10 Å². The molecular formula is C16H14ClN3. The number of benzene rings is 2. The van der Waals surface area contributed by atoms with Crippen molar-refractivity contribution < 1.29 is 0 Å². The van der Waals surface area contributed by atoms with E-state index >= 15 is 0 Å². The molecule has 0 aliphatic heterocycles. The van der Waals surface area contributed by atoms with E-state index in [2.05, 4.69) is 29.3 Å². The predicted molar refractivity (Wildman–Crippen MR) is 83.6 cm³/mol. The minimum atomic E-state index is 0.490. The van der Waals surface area contributed by atoms with Crippen LogP contribution in [0, 0.1) is 6.92 Å². The van der Waals surface area contributed by atoms with E-state index in [9.17, 15) is 0 Å². The van der Waals surface area contributed by atoms with E-state index in [0.29, 0.717) is 10.8 Å². The molecule has 2 aromatic carbocycles. The number of aryl methyl sites for hydroxylation is 1. The van der Waals surface area contributed by atoms with Crippen LogP contribution in [-0.2, 0) is 0 Å². The number of anilines is 1. The monoisotopic (exact) mass is 283 g/mol. The SMILES string of the molecule is Cc1ccc(-c2c(N)n[nH]c2-c2cccc(Cl)c2)cc1. The molecule has 0 spiro atoms. The average molecular weight is 284 g/mol. The summed E-state index contributed by atoms with van der Waals surface area (Å²) in [7, 11) is 0. The summed E-state index contributed by atoms with van der Waals surface area (Å²) in [5.74, 6) is 0.490. The summed E-state index contributed by atoms with van der Waals surface area (Å²) in [6, 6.07) is 15.8. The van der Waals surface area contributed by atoms with Gasteiger partial charge in [0.1, 0.15) is 0 Å². The molecule has 0 unspecified atom stereocenters. The lowest BCUT2D eigenvalue weighted by atomic mass is 10.00. The quantitative estimate of drug-likeness (QED) is 0.737. The lowest BCUT2D eigenvalue weighted by Crippen LogP contribution is -1.89. The Morgan fingerprint density at radius 1 is 1.05 bits per heavy atom. The molecule has 0 fully saturated rings. The normalized spacial score (nSPS) is 10.7. The van der Waals surface area contributed by atoms with Crippen LogP contribution >= 0.6 is 11.6 Å². The van der Waals surface area contributed by atoms with E-state index in [0.717, 1.165) is 22.4 Å². The van der Waals surface area contributed by atoms with Gasteiger partial charge >= 0.3 is 0 Å². The van der Waals surface area contributed by atoms with Crippen LogP contribution in [0.4, 0.5) is 5.82 Å². The van der Waals surface area contributed by atoms with E-state index in [-0.39, 0.29) is 0 Å². The topological polar surface area (TPSA) is 54.7 Å². The van der Waals surface area contributed by atoms with Crippen LogP contribution in [-0.4, -0.2) is 10.2 Å². The van der Waals surface area contributed by atoms with E-state index in [4.69, 9.17) is 17.3 Å². The summed E-state index contributed by atoms with van der Waals surface area (Å²) in [5.41, 5.74) is 11.0. The van der Waals surface area contributed by atoms with Crippen molar-refractivity contribution in [2.24, 2.45) is 0 Å². The summed E-state index contributed by atoms with van der Waals surface area (Å²) in [6.45, 7) is 2.06. The first-order valence-corrected chi connectivity index (χ1v) is 6.70. The number of nitrogens with two attached hydrogens (primary N) is 1. The van der Waals surface area contributed by atoms with Crippen LogP contribution in [0.25, 0.3) is 22.4 Å². The van der Waals surface area contributed by atoms with Crippen molar-refractivity contribution in [2.45, 2.75) is 6.92 Å². The maximum atomic E-state index is 6.06. The molecule has 3 N–H and O–H groups in total. The minimum Gasteiger partial charge on any atom is -0.382 e. The summed E-state index contributed by atoms with van der Waals surface area (Å²) >= 11 is 6.06. The van der Waals surface area contributed by atoms with Gasteiger partial charge in [-0.15, -0.1) is 0 Å². The van der Waals surface area contributed by atoms with Crippen LogP contribution in [0.2, 0.25) is 5.02 Å². The zero-order chi connectivity index (χ0) is 14.1. The Balaban J connectivity index is 2.17. The van der Waals surface area contributed by atoms with E-state index in [1.54, 1.807) is 0 Å². The van der Waals surface area contributed by atoms with Gasteiger partial charge < -0.3 is 5.73 Å². The molecule has 100 valence electrons. The first-order valence-electron chi connectivity index (χ1n) is 6.32. The molecule has 0 saturated carbocycles. The molecule has 3 aromatic rings. The molecule has 1 heterocycles. The number of hydrogen-bond donors (Lipinski definition) is 2. The Kier molecular flexibility index (Phi) is 3.20. The van der Waals surface area contributed by atoms with Crippen molar-refractivity contribution in [1.29, 1.82) is 0 Å². The van der Waals surface area contributed by atoms with Crippen molar-refractivity contribution >= 4 is 17.4 Å². The molecule has 0 bridgehead atoms. The van der Waals surface area contributed by atoms with Gasteiger partial charge in [-0.25, -0.2) is 0 Å². The lowest BCUT2D eigenvalue weighted by Gasteiger charge is -2.06. The number of rotatable bonds is 2. The number of nitrogens with one attached hydrogen (secondary N) is 1. The summed E-state index contributed by atoms with van der Waals surface area (Å²) in [6.07, 6.45) is 0. The molecule has 0 aliphatic carbocycles. The van der Waals surface area contributed by atoms with Crippen LogP contribution in [0.15, 0.2) is 48.5 Å². The Bertz CT molecular complexity index is 745. The molecule has 1 aromatic heterocycles. The predicted octanol–water partition coefficient (Wildman–Crippen LogP) is 4.29. The molecule has 4 heteroatoms. The lowest BCUT2D eigenvalue weighted by molar-refractivity contribution is 1.10. The van der Waals surface area contributed by atoms with E-state index in [1.807, 2.05) is 36.4 Å². The third kappa shape index (κ3) is 2.28. The van der Waals surface area contributed by atoms with Crippen molar-refractivity contribution in [1.82, 2.24) is 10.2 Å². The first-order chi connectivity index (χ1) is 9.65. The highest BCUT2D eigenvalue weighted by molar-refractivity contribution is 6.30. The van der Waals surface area contributed by atoms with Crippen LogP contribution in [0.3, 0.4) is 0 Å². The Morgan fingerprint density at radius 2 is 1.80 bits per heavy atom. The number of aromatic amines is 1. The number of H-pyrrole nitrogens is 1. The average Bonchev–Trinajstić information content (AvgIpc) is 2.82. The number of nitrogen functional groups attached to an aromatic ring is 1. The molecule has 3 rings (SSSR count). The smallest absolute Gasteiger partial charge is 0.153 e. The summed E-state index contributed by atoms with van der Waals surface area (Å²) in [5, 5.41) is 7.81. The third-order valence-corrected chi connectivity index (χ3v) is 3.48. The molecular weight excluding hydrogens is 270 g/mol. The highest BCUT2D eigenvalue weighted by Gasteiger charge is 2.14. The molecule has 0 saturated heterocycles. The van der Waals surface area contributed by atoms with Gasteiger partial charge in [0, 0.05) is 10.6 Å². The molecule has 0 radical (unpaired) electrons. The van der Waals surface area contributed by atoms with Gasteiger partial charge in [-0.05, 0) is 24.6 Å². The second kappa shape index (κ2) is 5.02. The van der Waals surface area contributed by atoms with Gasteiger partial charge in [0.15, 0.2) is 5.82 Å². The van der Waals surface area contributed by atoms with Crippen molar-refractivity contribution in [2.75, 3.05) is 5.73 Å². The Hall–Kier alpha value is -2.26. The van der Waals surface area contributed by atoms with Gasteiger partial charge in [-0.2, -0.15) is 5.10 Å². The van der Waals surface area contributed by atoms with Gasteiger partial charge in [0.2, 0.25) is 0 Å². The first kappa shape index (κ1) is 12.8. The van der Waals surface area contributed by atoms with Crippen molar-refractivity contribution in [3.05, 3.63) is 59.1 Å². The van der Waals surface area contributed by atoms with Gasteiger partial charge in [0.05, 0.1) is 11.3 Å². The highest BCUT2D eigenvalue weighted by atomic mass is 35.5. The fraction of sp³-hybridized carbons (Fsp3) is 0.0625. The van der Waals surface area contributed by atoms with Gasteiger partial charge in [0.25, 0.3) is 0 Å². The standard InChI is InChI=1S/C16H14ClN3/c1-10-5-7-11(8-6-10)14-15(19-20-16(14)18)12-3-2-4-13(17)9-12/h2-9H,1H3,(H3,18,19,20). The zero-order valence-electron chi connectivity index (χ0n) is 11.0. The minimum absolute atomic E-state index is 0.490. The highest BCUT2D eigenvalue weighted by Crippen LogP contribution is 2.35. The van der Waals surface area contributed by atoms with Gasteiger partial charge in [-0.1, -0.05) is 53.6 Å². The Morgan fingerprint density at radius 3 is 2.50 bits per heavy atom. The fourth-order valence-electron chi connectivity index (χ4n) is 2.22. The van der Waals surface area contributed by atoms with E-state index in [1.165, 1.54) is 5.56 Å². The van der Waals surface area contributed by atoms with Crippen LogP contribution in [0.1, 0.15) is 5.56 Å². The second-order valence-corrected chi connectivity index (χ2v) is 5.17. The second-order valence-electron chi connectivity index (χ2n) is 4.74. The number of halogens is 1. The van der Waals surface area contributed by atoms with Crippen molar-refractivity contribution in [3.63, 3.8) is 0 Å². The molecule has 3 nitrogen and oxygen atoms in total. The summed E-state index contributed by atoms with van der Waals surface area (Å²) in [4.78, 5) is 0. The number of nitrogens with zero attached hydrogens (tertiary/aromatic N) is 1. The van der Waals surface area contributed by atoms with Crippen LogP contribution < -0.4 is 5.73 Å². The molecule has 0 aliphatic rings. The van der Waals surface area contributed by atoms with Crippen molar-refractivity contribution in [3.8, 4) is 22.4 Å². The maximum absolute atomic E-state index is 6.06.